The van der Waals surface area contributed by atoms with Crippen LogP contribution in [0.3, 0.4) is 0 Å². The topological polar surface area (TPSA) is 46.5 Å². The highest BCUT2D eigenvalue weighted by Gasteiger charge is 2.39. The van der Waals surface area contributed by atoms with Gasteiger partial charge in [-0.15, -0.1) is 0 Å². The minimum atomic E-state index is -1.75. The first kappa shape index (κ1) is 18.6. The molecule has 1 unspecified atom stereocenters. The van der Waals surface area contributed by atoms with E-state index in [-0.39, 0.29) is 16.2 Å². The number of Topliss-reactive ketones (excluding diaryl/α,β-unsaturated/α-hetero) is 1. The van der Waals surface area contributed by atoms with Gasteiger partial charge in [0.15, 0.2) is 14.1 Å². The number of aliphatic hydroxyl groups is 1. The maximum Gasteiger partial charge on any atom is 0.191 e. The fourth-order valence-corrected chi connectivity index (χ4v) is 3.80. The molecule has 3 nitrogen and oxygen atoms in total. The highest BCUT2D eigenvalue weighted by molar-refractivity contribution is 6.74. The predicted octanol–water partition coefficient (Wildman–Crippen LogP) is 4.07. The van der Waals surface area contributed by atoms with Crippen LogP contribution in [0.2, 0.25) is 18.1 Å². The van der Waals surface area contributed by atoms with Crippen LogP contribution in [0.15, 0.2) is 11.1 Å². The van der Waals surface area contributed by atoms with Gasteiger partial charge in [-0.05, 0) is 48.9 Å². The molecule has 0 amide bonds. The number of carbonyl (C=O) groups excluding carboxylic acids is 1. The number of rotatable bonds is 4. The van der Waals surface area contributed by atoms with Gasteiger partial charge in [-0.2, -0.15) is 0 Å². The summed E-state index contributed by atoms with van der Waals surface area (Å²) in [6.07, 6.45) is 0.452. The van der Waals surface area contributed by atoms with Crippen LogP contribution in [0.25, 0.3) is 0 Å². The van der Waals surface area contributed by atoms with Gasteiger partial charge in [0.25, 0.3) is 0 Å². The third-order valence-corrected chi connectivity index (χ3v) is 9.80. The number of ketones is 1. The summed E-state index contributed by atoms with van der Waals surface area (Å²) in [5.74, 6) is -0.114. The van der Waals surface area contributed by atoms with Gasteiger partial charge >= 0.3 is 0 Å². The van der Waals surface area contributed by atoms with E-state index in [1.807, 2.05) is 6.92 Å². The molecule has 1 atom stereocenters. The molecule has 1 aliphatic carbocycles. The molecule has 0 radical (unpaired) electrons. The lowest BCUT2D eigenvalue weighted by Crippen LogP contribution is -2.41. The van der Waals surface area contributed by atoms with Crippen molar-refractivity contribution < 1.29 is 14.3 Å². The molecule has 122 valence electrons. The fraction of sp³-hybridized carbons (Fsp3) is 0.824. The second kappa shape index (κ2) is 5.97. The molecule has 21 heavy (non-hydrogen) atoms. The summed E-state index contributed by atoms with van der Waals surface area (Å²) in [4.78, 5) is 12.0. The number of hydrogen-bond donors (Lipinski definition) is 1. The lowest BCUT2D eigenvalue weighted by atomic mass is 9.70. The Balaban J connectivity index is 2.81. The minimum Gasteiger partial charge on any atom is -0.417 e. The van der Waals surface area contributed by atoms with E-state index in [1.54, 1.807) is 0 Å². The second-order valence-corrected chi connectivity index (χ2v) is 13.2. The van der Waals surface area contributed by atoms with Crippen molar-refractivity contribution in [2.75, 3.05) is 6.61 Å². The van der Waals surface area contributed by atoms with E-state index in [9.17, 15) is 9.90 Å². The molecule has 1 N–H and O–H groups in total. The lowest BCUT2D eigenvalue weighted by Gasteiger charge is -2.39. The molecule has 0 fully saturated rings. The van der Waals surface area contributed by atoms with Gasteiger partial charge in [-0.3, -0.25) is 4.79 Å². The van der Waals surface area contributed by atoms with Crippen LogP contribution < -0.4 is 0 Å². The monoisotopic (exact) mass is 312 g/mol. The summed E-state index contributed by atoms with van der Waals surface area (Å²) in [5, 5.41) is 10.1. The van der Waals surface area contributed by atoms with Crippen molar-refractivity contribution in [2.45, 2.75) is 78.6 Å². The Morgan fingerprint density at radius 2 is 1.86 bits per heavy atom. The van der Waals surface area contributed by atoms with Crippen LogP contribution in [-0.4, -0.2) is 31.9 Å². The largest absolute Gasteiger partial charge is 0.417 e. The number of aliphatic hydroxyl groups excluding tert-OH is 1. The Morgan fingerprint density at radius 3 is 2.33 bits per heavy atom. The Bertz CT molecular complexity index is 441. The minimum absolute atomic E-state index is 0.114. The van der Waals surface area contributed by atoms with E-state index in [0.29, 0.717) is 13.0 Å². The van der Waals surface area contributed by atoms with Crippen molar-refractivity contribution in [1.29, 1.82) is 0 Å². The Morgan fingerprint density at radius 1 is 1.33 bits per heavy atom. The Labute approximate surface area is 130 Å². The summed E-state index contributed by atoms with van der Waals surface area (Å²) in [7, 11) is -1.75. The smallest absolute Gasteiger partial charge is 0.191 e. The van der Waals surface area contributed by atoms with Crippen LogP contribution >= 0.6 is 0 Å². The zero-order valence-corrected chi connectivity index (χ0v) is 16.0. The Kier molecular flexibility index (Phi) is 5.29. The van der Waals surface area contributed by atoms with Crippen molar-refractivity contribution >= 4 is 14.1 Å². The zero-order chi connectivity index (χ0) is 16.6. The lowest BCUT2D eigenvalue weighted by molar-refractivity contribution is -0.125. The molecule has 0 aromatic carbocycles. The van der Waals surface area contributed by atoms with E-state index in [2.05, 4.69) is 47.7 Å². The average Bonchev–Trinajstić information content (AvgIpc) is 2.28. The zero-order valence-electron chi connectivity index (χ0n) is 15.0. The van der Waals surface area contributed by atoms with Gasteiger partial charge in [0, 0.05) is 6.61 Å². The first-order valence-electron chi connectivity index (χ1n) is 7.86. The molecule has 0 spiro atoms. The van der Waals surface area contributed by atoms with Crippen molar-refractivity contribution in [3.63, 3.8) is 0 Å². The summed E-state index contributed by atoms with van der Waals surface area (Å²) < 4.78 is 6.23. The molecule has 0 saturated heterocycles. The van der Waals surface area contributed by atoms with E-state index in [1.165, 1.54) is 0 Å². The van der Waals surface area contributed by atoms with Gasteiger partial charge in [-0.1, -0.05) is 40.2 Å². The SMILES string of the molecule is CC1=C(CCO[Si](C)(C)C(C)(C)C)C(C)(C)CC(O)C1=O. The molecule has 0 bridgehead atoms. The Hall–Kier alpha value is -0.453. The highest BCUT2D eigenvalue weighted by atomic mass is 28.4. The summed E-state index contributed by atoms with van der Waals surface area (Å²) in [6.45, 7) is 17.9. The molecular formula is C17H32O3Si. The normalized spacial score (nSPS) is 23.7. The van der Waals surface area contributed by atoms with Crippen LogP contribution in [-0.2, 0) is 9.22 Å². The summed E-state index contributed by atoms with van der Waals surface area (Å²) >= 11 is 0. The van der Waals surface area contributed by atoms with E-state index < -0.39 is 14.4 Å². The van der Waals surface area contributed by atoms with Gasteiger partial charge in [0.1, 0.15) is 6.10 Å². The van der Waals surface area contributed by atoms with E-state index >= 15 is 0 Å². The van der Waals surface area contributed by atoms with Gasteiger partial charge in [-0.25, -0.2) is 0 Å². The molecule has 0 aliphatic heterocycles. The number of hydrogen-bond acceptors (Lipinski definition) is 3. The van der Waals surface area contributed by atoms with Crippen molar-refractivity contribution in [1.82, 2.24) is 0 Å². The second-order valence-electron chi connectivity index (χ2n) is 8.43. The average molecular weight is 313 g/mol. The third-order valence-electron chi connectivity index (χ3n) is 5.27. The van der Waals surface area contributed by atoms with Gasteiger partial charge < -0.3 is 9.53 Å². The fourth-order valence-electron chi connectivity index (χ4n) is 2.76. The molecule has 0 heterocycles. The van der Waals surface area contributed by atoms with E-state index in [0.717, 1.165) is 17.6 Å². The molecule has 0 aromatic rings. The van der Waals surface area contributed by atoms with Crippen LogP contribution in [0.4, 0.5) is 0 Å². The molecule has 1 rings (SSSR count). The maximum absolute atomic E-state index is 12.0. The standard InChI is InChI=1S/C17H32O3Si/c1-12-13(17(5,6)11-14(18)15(12)19)9-10-20-21(7,8)16(2,3)4/h14,18H,9-11H2,1-8H3. The quantitative estimate of drug-likeness (QED) is 0.796. The van der Waals surface area contributed by atoms with Crippen LogP contribution in [0.5, 0.6) is 0 Å². The molecular weight excluding hydrogens is 280 g/mol. The van der Waals surface area contributed by atoms with Gasteiger partial charge in [0.05, 0.1) is 0 Å². The molecule has 0 saturated carbocycles. The molecule has 0 aromatic heterocycles. The van der Waals surface area contributed by atoms with Crippen LogP contribution in [0, 0.1) is 5.41 Å². The van der Waals surface area contributed by atoms with Crippen molar-refractivity contribution in [3.8, 4) is 0 Å². The van der Waals surface area contributed by atoms with Crippen LogP contribution in [0.1, 0.15) is 54.4 Å². The molecule has 4 heteroatoms. The first-order chi connectivity index (χ1) is 9.29. The third kappa shape index (κ3) is 4.05. The first-order valence-corrected chi connectivity index (χ1v) is 10.8. The number of carbonyl (C=O) groups is 1. The maximum atomic E-state index is 12.0. The van der Waals surface area contributed by atoms with Gasteiger partial charge in [0.2, 0.25) is 0 Å². The highest BCUT2D eigenvalue weighted by Crippen LogP contribution is 2.41. The summed E-state index contributed by atoms with van der Waals surface area (Å²) in [5.41, 5.74) is 1.75. The predicted molar refractivity (Wildman–Crippen MR) is 89.9 cm³/mol. The summed E-state index contributed by atoms with van der Waals surface area (Å²) in [6, 6.07) is 0. The molecule has 1 aliphatic rings. The van der Waals surface area contributed by atoms with Crippen molar-refractivity contribution in [2.24, 2.45) is 5.41 Å². The van der Waals surface area contributed by atoms with E-state index in [4.69, 9.17) is 4.43 Å². The van der Waals surface area contributed by atoms with Crippen molar-refractivity contribution in [3.05, 3.63) is 11.1 Å².